The average Bonchev–Trinajstić information content (AvgIpc) is 3.21. The van der Waals surface area contributed by atoms with Gasteiger partial charge in [0.25, 0.3) is 5.91 Å². The van der Waals surface area contributed by atoms with Crippen molar-refractivity contribution in [3.05, 3.63) is 23.8 Å². The van der Waals surface area contributed by atoms with Crippen molar-refractivity contribution in [3.63, 3.8) is 0 Å². The Morgan fingerprint density at radius 3 is 2.69 bits per heavy atom. The van der Waals surface area contributed by atoms with E-state index in [0.29, 0.717) is 37.4 Å². The number of ether oxygens (including phenoxy) is 2. The van der Waals surface area contributed by atoms with Gasteiger partial charge in [0.2, 0.25) is 5.91 Å². The van der Waals surface area contributed by atoms with Crippen LogP contribution in [0.2, 0.25) is 0 Å². The molecule has 1 aromatic rings. The zero-order valence-electron chi connectivity index (χ0n) is 15.0. The minimum Gasteiger partial charge on any atom is -0.493 e. The minimum atomic E-state index is -0.373. The maximum absolute atomic E-state index is 12.2. The van der Waals surface area contributed by atoms with Crippen molar-refractivity contribution >= 4 is 17.8 Å². The van der Waals surface area contributed by atoms with E-state index in [1.807, 2.05) is 18.2 Å². The lowest BCUT2D eigenvalue weighted by molar-refractivity contribution is -0.132. The van der Waals surface area contributed by atoms with E-state index in [4.69, 9.17) is 9.47 Å². The summed E-state index contributed by atoms with van der Waals surface area (Å²) >= 11 is 0. The van der Waals surface area contributed by atoms with Crippen LogP contribution in [0.1, 0.15) is 18.4 Å². The highest BCUT2D eigenvalue weighted by atomic mass is 16.5. The number of benzene rings is 1. The van der Waals surface area contributed by atoms with Gasteiger partial charge in [0.1, 0.15) is 12.6 Å². The summed E-state index contributed by atoms with van der Waals surface area (Å²) in [6.45, 7) is 0.765. The Labute approximate surface area is 152 Å². The number of urea groups is 1. The lowest BCUT2D eigenvalue weighted by Gasteiger charge is -2.15. The van der Waals surface area contributed by atoms with Crippen molar-refractivity contribution in [2.45, 2.75) is 25.3 Å². The number of carbonyl (C=O) groups excluding carboxylic acids is 3. The van der Waals surface area contributed by atoms with Crippen LogP contribution in [-0.4, -0.2) is 67.5 Å². The summed E-state index contributed by atoms with van der Waals surface area (Å²) in [5.74, 6) is 0.674. The molecule has 8 nitrogen and oxygen atoms in total. The molecule has 1 unspecified atom stereocenters. The second-order valence-corrected chi connectivity index (χ2v) is 6.35. The SMILES string of the molecule is COc1ccc(CCNC(=O)CN2C(=O)C3CCCN3C2=O)cc1OC. The van der Waals surface area contributed by atoms with Gasteiger partial charge in [-0.05, 0) is 37.0 Å². The predicted molar refractivity (Wildman–Crippen MR) is 93.1 cm³/mol. The number of nitrogens with one attached hydrogen (secondary N) is 1. The van der Waals surface area contributed by atoms with Crippen LogP contribution in [0.3, 0.4) is 0 Å². The van der Waals surface area contributed by atoms with E-state index < -0.39 is 0 Å². The van der Waals surface area contributed by atoms with Crippen molar-refractivity contribution in [1.29, 1.82) is 0 Å². The lowest BCUT2D eigenvalue weighted by atomic mass is 10.1. The Morgan fingerprint density at radius 1 is 1.23 bits per heavy atom. The molecule has 2 heterocycles. The Balaban J connectivity index is 1.49. The second-order valence-electron chi connectivity index (χ2n) is 6.35. The molecule has 0 aliphatic carbocycles. The zero-order chi connectivity index (χ0) is 18.7. The lowest BCUT2D eigenvalue weighted by Crippen LogP contribution is -2.42. The van der Waals surface area contributed by atoms with Gasteiger partial charge < -0.3 is 19.7 Å². The molecule has 0 radical (unpaired) electrons. The van der Waals surface area contributed by atoms with Crippen molar-refractivity contribution < 1.29 is 23.9 Å². The molecule has 0 aromatic heterocycles. The first-order valence-electron chi connectivity index (χ1n) is 8.64. The van der Waals surface area contributed by atoms with Crippen LogP contribution in [0.25, 0.3) is 0 Å². The molecular weight excluding hydrogens is 338 g/mol. The molecule has 4 amide bonds. The molecule has 1 aromatic carbocycles. The fraction of sp³-hybridized carbons (Fsp3) is 0.500. The Bertz CT molecular complexity index is 699. The van der Waals surface area contributed by atoms with E-state index in [0.717, 1.165) is 16.9 Å². The van der Waals surface area contributed by atoms with E-state index in [9.17, 15) is 14.4 Å². The normalized spacial score (nSPS) is 18.9. The standard InChI is InChI=1S/C18H23N3O5/c1-25-14-6-5-12(10-15(14)26-2)7-8-19-16(22)11-21-17(23)13-4-3-9-20(13)18(21)24/h5-6,10,13H,3-4,7-9,11H2,1-2H3,(H,19,22). The van der Waals surface area contributed by atoms with Crippen LogP contribution in [0.5, 0.6) is 11.5 Å². The molecule has 0 spiro atoms. The van der Waals surface area contributed by atoms with Crippen LogP contribution in [0, 0.1) is 0 Å². The van der Waals surface area contributed by atoms with Crippen LogP contribution in [0.15, 0.2) is 18.2 Å². The first-order valence-corrected chi connectivity index (χ1v) is 8.64. The highest BCUT2D eigenvalue weighted by Crippen LogP contribution is 2.28. The largest absolute Gasteiger partial charge is 0.493 e. The first kappa shape index (κ1) is 18.0. The highest BCUT2D eigenvalue weighted by Gasteiger charge is 2.47. The van der Waals surface area contributed by atoms with Gasteiger partial charge in [0.05, 0.1) is 14.2 Å². The Morgan fingerprint density at radius 2 is 2.00 bits per heavy atom. The molecule has 2 fully saturated rings. The minimum absolute atomic E-state index is 0.226. The second kappa shape index (κ2) is 7.63. The molecule has 8 heteroatoms. The summed E-state index contributed by atoms with van der Waals surface area (Å²) < 4.78 is 10.4. The number of methoxy groups -OCH3 is 2. The fourth-order valence-electron chi connectivity index (χ4n) is 3.41. The van der Waals surface area contributed by atoms with Gasteiger partial charge in [0, 0.05) is 13.1 Å². The van der Waals surface area contributed by atoms with Crippen molar-refractivity contribution in [1.82, 2.24) is 15.1 Å². The van der Waals surface area contributed by atoms with Gasteiger partial charge in [0.15, 0.2) is 11.5 Å². The summed E-state index contributed by atoms with van der Waals surface area (Å²) in [7, 11) is 3.14. The summed E-state index contributed by atoms with van der Waals surface area (Å²) in [6, 6.07) is 4.84. The smallest absolute Gasteiger partial charge is 0.327 e. The van der Waals surface area contributed by atoms with Crippen molar-refractivity contribution in [2.75, 3.05) is 33.9 Å². The number of carbonyl (C=O) groups is 3. The molecular formula is C18H23N3O5. The fourth-order valence-corrected chi connectivity index (χ4v) is 3.41. The van der Waals surface area contributed by atoms with Crippen LogP contribution in [0.4, 0.5) is 4.79 Å². The number of imide groups is 1. The number of rotatable bonds is 7. The predicted octanol–water partition coefficient (Wildman–Crippen LogP) is 0.789. The van der Waals surface area contributed by atoms with E-state index >= 15 is 0 Å². The molecule has 2 aliphatic rings. The number of fused-ring (bicyclic) bond motifs is 1. The first-order chi connectivity index (χ1) is 12.5. The third kappa shape index (κ3) is 3.44. The molecule has 0 bridgehead atoms. The number of hydrogen-bond acceptors (Lipinski definition) is 5. The third-order valence-electron chi connectivity index (χ3n) is 4.77. The highest BCUT2D eigenvalue weighted by molar-refractivity contribution is 6.06. The van der Waals surface area contributed by atoms with Gasteiger partial charge in [-0.2, -0.15) is 0 Å². The maximum atomic E-state index is 12.2. The molecule has 0 saturated carbocycles. The van der Waals surface area contributed by atoms with Gasteiger partial charge in [-0.15, -0.1) is 0 Å². The maximum Gasteiger partial charge on any atom is 0.327 e. The molecule has 1 atom stereocenters. The molecule has 26 heavy (non-hydrogen) atoms. The molecule has 2 saturated heterocycles. The zero-order valence-corrected chi connectivity index (χ0v) is 15.0. The number of hydrogen-bond donors (Lipinski definition) is 1. The number of nitrogens with zero attached hydrogens (tertiary/aromatic N) is 2. The van der Waals surface area contributed by atoms with Crippen LogP contribution in [-0.2, 0) is 16.0 Å². The van der Waals surface area contributed by atoms with E-state index in [-0.39, 0.29) is 30.4 Å². The van der Waals surface area contributed by atoms with Crippen LogP contribution < -0.4 is 14.8 Å². The van der Waals surface area contributed by atoms with Gasteiger partial charge >= 0.3 is 6.03 Å². The monoisotopic (exact) mass is 361 g/mol. The summed E-state index contributed by atoms with van der Waals surface area (Å²) in [5.41, 5.74) is 0.983. The Kier molecular flexibility index (Phi) is 5.29. The third-order valence-corrected chi connectivity index (χ3v) is 4.77. The molecule has 2 aliphatic heterocycles. The number of amides is 4. The Hall–Kier alpha value is -2.77. The van der Waals surface area contributed by atoms with E-state index in [1.165, 1.54) is 0 Å². The van der Waals surface area contributed by atoms with Gasteiger partial charge in [-0.25, -0.2) is 4.79 Å². The molecule has 140 valence electrons. The molecule has 1 N–H and O–H groups in total. The van der Waals surface area contributed by atoms with Crippen molar-refractivity contribution in [3.8, 4) is 11.5 Å². The average molecular weight is 361 g/mol. The van der Waals surface area contributed by atoms with Gasteiger partial charge in [-0.3, -0.25) is 14.5 Å². The summed E-state index contributed by atoms with van der Waals surface area (Å²) in [4.78, 5) is 39.1. The van der Waals surface area contributed by atoms with E-state index in [2.05, 4.69) is 5.32 Å². The molecule has 3 rings (SSSR count). The topological polar surface area (TPSA) is 88.2 Å². The summed E-state index contributed by atoms with van der Waals surface area (Å²) in [5, 5.41) is 2.76. The van der Waals surface area contributed by atoms with Crippen molar-refractivity contribution in [2.24, 2.45) is 0 Å². The quantitative estimate of drug-likeness (QED) is 0.726. The summed E-state index contributed by atoms with van der Waals surface area (Å²) in [6.07, 6.45) is 2.12. The van der Waals surface area contributed by atoms with Crippen LogP contribution >= 0.6 is 0 Å². The van der Waals surface area contributed by atoms with Gasteiger partial charge in [-0.1, -0.05) is 6.07 Å². The van der Waals surface area contributed by atoms with E-state index in [1.54, 1.807) is 19.1 Å².